The van der Waals surface area contributed by atoms with Crippen LogP contribution in [0.1, 0.15) is 52.6 Å². The zero-order valence-corrected chi connectivity index (χ0v) is 19.1. The van der Waals surface area contributed by atoms with E-state index in [2.05, 4.69) is 16.7 Å². The van der Waals surface area contributed by atoms with Crippen molar-refractivity contribution in [2.24, 2.45) is 0 Å². The second kappa shape index (κ2) is 10.1. The van der Waals surface area contributed by atoms with Gasteiger partial charge in [0.25, 0.3) is 0 Å². The van der Waals surface area contributed by atoms with Crippen LogP contribution in [0, 0.1) is 0 Å². The van der Waals surface area contributed by atoms with Gasteiger partial charge in [-0.3, -0.25) is 19.4 Å². The van der Waals surface area contributed by atoms with Crippen molar-refractivity contribution < 1.29 is 19.1 Å². The summed E-state index contributed by atoms with van der Waals surface area (Å²) in [6.45, 7) is 9.59. The van der Waals surface area contributed by atoms with Crippen LogP contribution in [0.15, 0.2) is 36.4 Å². The lowest BCUT2D eigenvalue weighted by molar-refractivity contribution is 0.0722. The predicted molar refractivity (Wildman–Crippen MR) is 121 cm³/mol. The standard InChI is InChI=1S/C25H32N2O4/c1-17-14-26(15-22-12-20(18(2)28)6-8-24(22)30-4)10-11-27(17)16-23-13-21(19(3)29)7-9-25(23)31-5/h6-9,12-13,17H,10-11,14-16H2,1-5H3/t17-/m1/s1. The highest BCUT2D eigenvalue weighted by Crippen LogP contribution is 2.26. The predicted octanol–water partition coefficient (Wildman–Crippen LogP) is 3.82. The Labute approximate surface area is 184 Å². The second-order valence-corrected chi connectivity index (χ2v) is 8.22. The third kappa shape index (κ3) is 5.51. The molecule has 1 aliphatic rings. The van der Waals surface area contributed by atoms with Crippen molar-refractivity contribution >= 4 is 11.6 Å². The van der Waals surface area contributed by atoms with Gasteiger partial charge in [-0.25, -0.2) is 0 Å². The molecule has 0 saturated carbocycles. The molecule has 0 N–H and O–H groups in total. The van der Waals surface area contributed by atoms with Gasteiger partial charge in [0.1, 0.15) is 11.5 Å². The van der Waals surface area contributed by atoms with Crippen molar-refractivity contribution in [3.63, 3.8) is 0 Å². The van der Waals surface area contributed by atoms with E-state index in [0.717, 1.165) is 55.3 Å². The molecule has 166 valence electrons. The molecule has 1 fully saturated rings. The number of benzene rings is 2. The highest BCUT2D eigenvalue weighted by atomic mass is 16.5. The molecule has 2 aromatic carbocycles. The van der Waals surface area contributed by atoms with Gasteiger partial charge in [0.15, 0.2) is 11.6 Å². The molecule has 0 aliphatic carbocycles. The minimum atomic E-state index is 0.0588. The molecule has 0 aromatic heterocycles. The molecule has 2 aromatic rings. The Kier molecular flexibility index (Phi) is 7.46. The fourth-order valence-electron chi connectivity index (χ4n) is 4.15. The summed E-state index contributed by atoms with van der Waals surface area (Å²) in [5.41, 5.74) is 3.48. The summed E-state index contributed by atoms with van der Waals surface area (Å²) in [7, 11) is 3.32. The minimum absolute atomic E-state index is 0.0588. The fraction of sp³-hybridized carbons (Fsp3) is 0.440. The number of ketones is 2. The number of rotatable bonds is 8. The number of hydrogen-bond acceptors (Lipinski definition) is 6. The van der Waals surface area contributed by atoms with Crippen LogP contribution in [0.5, 0.6) is 11.5 Å². The number of methoxy groups -OCH3 is 2. The average Bonchev–Trinajstić information content (AvgIpc) is 2.75. The summed E-state index contributed by atoms with van der Waals surface area (Å²) >= 11 is 0. The van der Waals surface area contributed by atoms with E-state index in [1.54, 1.807) is 28.1 Å². The third-order valence-electron chi connectivity index (χ3n) is 5.99. The fourth-order valence-corrected chi connectivity index (χ4v) is 4.15. The van der Waals surface area contributed by atoms with Gasteiger partial charge in [-0.2, -0.15) is 0 Å². The molecular weight excluding hydrogens is 392 g/mol. The topological polar surface area (TPSA) is 59.1 Å². The summed E-state index contributed by atoms with van der Waals surface area (Å²) in [4.78, 5) is 28.4. The zero-order chi connectivity index (χ0) is 22.5. The van der Waals surface area contributed by atoms with Gasteiger partial charge in [-0.15, -0.1) is 0 Å². The molecule has 1 aliphatic heterocycles. The number of carbonyl (C=O) groups excluding carboxylic acids is 2. The van der Waals surface area contributed by atoms with Gasteiger partial charge >= 0.3 is 0 Å². The first-order valence-corrected chi connectivity index (χ1v) is 10.6. The SMILES string of the molecule is COc1ccc(C(C)=O)cc1CN1CCN(Cc2cc(C(C)=O)ccc2OC)[C@H](C)C1. The average molecular weight is 425 g/mol. The van der Waals surface area contributed by atoms with Crippen molar-refractivity contribution in [2.75, 3.05) is 33.9 Å². The Hall–Kier alpha value is -2.70. The van der Waals surface area contributed by atoms with Crippen molar-refractivity contribution in [1.82, 2.24) is 9.80 Å². The first kappa shape index (κ1) is 23.0. The van der Waals surface area contributed by atoms with Gasteiger partial charge in [0, 0.05) is 61.0 Å². The Morgan fingerprint density at radius 1 is 0.871 bits per heavy atom. The molecule has 0 amide bonds. The number of carbonyl (C=O) groups is 2. The number of piperazine rings is 1. The van der Waals surface area contributed by atoms with Crippen LogP contribution in [-0.4, -0.2) is 61.3 Å². The highest BCUT2D eigenvalue weighted by Gasteiger charge is 2.25. The summed E-state index contributed by atoms with van der Waals surface area (Å²) in [6.07, 6.45) is 0. The van der Waals surface area contributed by atoms with Gasteiger partial charge in [0.05, 0.1) is 14.2 Å². The molecule has 6 heteroatoms. The quantitative estimate of drug-likeness (QED) is 0.601. The molecule has 0 bridgehead atoms. The molecule has 0 spiro atoms. The maximum atomic E-state index is 11.8. The molecule has 3 rings (SSSR count). The van der Waals surface area contributed by atoms with Crippen molar-refractivity contribution in [2.45, 2.75) is 39.9 Å². The third-order valence-corrected chi connectivity index (χ3v) is 5.99. The molecular formula is C25H32N2O4. The van der Waals surface area contributed by atoms with Crippen LogP contribution in [0.3, 0.4) is 0 Å². The van der Waals surface area contributed by atoms with E-state index >= 15 is 0 Å². The molecule has 6 nitrogen and oxygen atoms in total. The van der Waals surface area contributed by atoms with Crippen molar-refractivity contribution in [1.29, 1.82) is 0 Å². The summed E-state index contributed by atoms with van der Waals surface area (Å²) in [5.74, 6) is 1.74. The minimum Gasteiger partial charge on any atom is -0.496 e. The lowest BCUT2D eigenvalue weighted by atomic mass is 10.0. The van der Waals surface area contributed by atoms with E-state index in [1.165, 1.54) is 0 Å². The van der Waals surface area contributed by atoms with Gasteiger partial charge in [-0.1, -0.05) is 0 Å². The van der Waals surface area contributed by atoms with Crippen LogP contribution >= 0.6 is 0 Å². The first-order chi connectivity index (χ1) is 14.8. The van der Waals surface area contributed by atoms with Crippen LogP contribution in [0.25, 0.3) is 0 Å². The Balaban J connectivity index is 1.69. The Morgan fingerprint density at radius 3 is 1.84 bits per heavy atom. The number of Topliss-reactive ketones (excluding diaryl/α,β-unsaturated/α-hetero) is 2. The smallest absolute Gasteiger partial charge is 0.159 e. The Morgan fingerprint density at radius 2 is 1.39 bits per heavy atom. The Bertz CT molecular complexity index is 957. The van der Waals surface area contributed by atoms with Crippen LogP contribution in [0.4, 0.5) is 0 Å². The van der Waals surface area contributed by atoms with E-state index in [0.29, 0.717) is 17.2 Å². The summed E-state index contributed by atoms with van der Waals surface area (Å²) < 4.78 is 11.0. The van der Waals surface area contributed by atoms with E-state index in [9.17, 15) is 9.59 Å². The lowest BCUT2D eigenvalue weighted by Crippen LogP contribution is -2.50. The molecule has 1 saturated heterocycles. The number of nitrogens with zero attached hydrogens (tertiary/aromatic N) is 2. The monoisotopic (exact) mass is 424 g/mol. The largest absolute Gasteiger partial charge is 0.496 e. The molecule has 0 radical (unpaired) electrons. The molecule has 0 unspecified atom stereocenters. The van der Waals surface area contributed by atoms with E-state index in [-0.39, 0.29) is 11.6 Å². The maximum Gasteiger partial charge on any atom is 0.159 e. The van der Waals surface area contributed by atoms with Crippen molar-refractivity contribution in [3.8, 4) is 11.5 Å². The van der Waals surface area contributed by atoms with E-state index < -0.39 is 0 Å². The van der Waals surface area contributed by atoms with E-state index in [1.807, 2.05) is 36.4 Å². The molecule has 1 atom stereocenters. The summed E-state index contributed by atoms with van der Waals surface area (Å²) in [6, 6.07) is 11.6. The maximum absolute atomic E-state index is 11.8. The van der Waals surface area contributed by atoms with Gasteiger partial charge in [0.2, 0.25) is 0 Å². The van der Waals surface area contributed by atoms with Crippen molar-refractivity contribution in [3.05, 3.63) is 58.7 Å². The lowest BCUT2D eigenvalue weighted by Gasteiger charge is -2.40. The van der Waals surface area contributed by atoms with Gasteiger partial charge < -0.3 is 9.47 Å². The normalized spacial score (nSPS) is 17.4. The van der Waals surface area contributed by atoms with Crippen LogP contribution < -0.4 is 9.47 Å². The summed E-state index contributed by atoms with van der Waals surface area (Å²) in [5, 5.41) is 0. The first-order valence-electron chi connectivity index (χ1n) is 10.6. The highest BCUT2D eigenvalue weighted by molar-refractivity contribution is 5.94. The van der Waals surface area contributed by atoms with E-state index in [4.69, 9.17) is 9.47 Å². The zero-order valence-electron chi connectivity index (χ0n) is 19.1. The van der Waals surface area contributed by atoms with Crippen LogP contribution in [-0.2, 0) is 13.1 Å². The number of ether oxygens (including phenoxy) is 2. The van der Waals surface area contributed by atoms with Crippen LogP contribution in [0.2, 0.25) is 0 Å². The molecule has 31 heavy (non-hydrogen) atoms. The number of hydrogen-bond donors (Lipinski definition) is 0. The molecule has 1 heterocycles. The second-order valence-electron chi connectivity index (χ2n) is 8.22. The van der Waals surface area contributed by atoms with Gasteiger partial charge in [-0.05, 0) is 57.2 Å².